The maximum absolute atomic E-state index is 13.3. The van der Waals surface area contributed by atoms with E-state index in [2.05, 4.69) is 4.90 Å². The Morgan fingerprint density at radius 2 is 1.43 bits per heavy atom. The Morgan fingerprint density at radius 1 is 0.786 bits per heavy atom. The van der Waals surface area contributed by atoms with E-state index in [1.807, 2.05) is 42.1 Å². The molecule has 5 rings (SSSR count). The van der Waals surface area contributed by atoms with Crippen molar-refractivity contribution in [2.75, 3.05) is 34.4 Å². The summed E-state index contributed by atoms with van der Waals surface area (Å²) in [4.78, 5) is 30.1. The van der Waals surface area contributed by atoms with Crippen LogP contribution in [0.5, 0.6) is 0 Å². The number of para-hydroxylation sites is 1. The fourth-order valence-electron chi connectivity index (χ4n) is 4.01. The molecule has 3 aromatic carbocycles. The van der Waals surface area contributed by atoms with E-state index in [1.54, 1.807) is 24.3 Å². The summed E-state index contributed by atoms with van der Waals surface area (Å²) in [6, 6.07) is 16.4. The number of rotatable bonds is 2. The van der Waals surface area contributed by atoms with Crippen molar-refractivity contribution < 1.29 is 9.59 Å². The average molecular weight is 409 g/mol. The van der Waals surface area contributed by atoms with E-state index in [4.69, 9.17) is 11.6 Å². The normalized spacial score (nSPS) is 16.8. The van der Waals surface area contributed by atoms with Gasteiger partial charge in [-0.1, -0.05) is 29.8 Å². The Labute approximate surface area is 172 Å². The summed E-state index contributed by atoms with van der Waals surface area (Å²) >= 11 is 8.52. The molecule has 0 saturated carbocycles. The molecule has 0 N–H and O–H groups in total. The van der Waals surface area contributed by atoms with Crippen molar-refractivity contribution in [1.82, 2.24) is 0 Å². The van der Waals surface area contributed by atoms with E-state index >= 15 is 0 Å². The molecule has 2 aliphatic heterocycles. The Kier molecular flexibility index (Phi) is 4.29. The standard InChI is InChI=1S/C22H17ClN2O2S/c23-17-8-6-15-19-16(7-9-18(20(17)19)24-10-12-28-13-11-24)22(27)25(21(15)26)14-4-2-1-3-5-14/h1-9H,10-13H2. The minimum Gasteiger partial charge on any atom is -0.369 e. The fraction of sp³-hybridized carbons (Fsp3) is 0.182. The van der Waals surface area contributed by atoms with Crippen LogP contribution in [-0.4, -0.2) is 36.4 Å². The van der Waals surface area contributed by atoms with E-state index in [0.717, 1.165) is 35.7 Å². The van der Waals surface area contributed by atoms with Crippen molar-refractivity contribution in [2.45, 2.75) is 0 Å². The lowest BCUT2D eigenvalue weighted by molar-refractivity contribution is 0.0893. The van der Waals surface area contributed by atoms with Gasteiger partial charge in [0.25, 0.3) is 11.8 Å². The minimum atomic E-state index is -0.309. The molecule has 6 heteroatoms. The molecule has 2 amide bonds. The van der Waals surface area contributed by atoms with Gasteiger partial charge in [-0.15, -0.1) is 0 Å². The molecule has 3 aromatic rings. The molecule has 0 bridgehead atoms. The van der Waals surface area contributed by atoms with E-state index in [-0.39, 0.29) is 11.8 Å². The maximum atomic E-state index is 13.3. The van der Waals surface area contributed by atoms with Crippen LogP contribution in [-0.2, 0) is 0 Å². The molecule has 140 valence electrons. The maximum Gasteiger partial charge on any atom is 0.265 e. The van der Waals surface area contributed by atoms with E-state index in [0.29, 0.717) is 27.2 Å². The van der Waals surface area contributed by atoms with Crippen molar-refractivity contribution in [1.29, 1.82) is 0 Å². The number of hydrogen-bond donors (Lipinski definition) is 0. The first-order valence-electron chi connectivity index (χ1n) is 9.18. The lowest BCUT2D eigenvalue weighted by Gasteiger charge is -2.32. The number of hydrogen-bond acceptors (Lipinski definition) is 4. The number of imide groups is 1. The van der Waals surface area contributed by atoms with Crippen LogP contribution >= 0.6 is 23.4 Å². The number of anilines is 2. The second-order valence-electron chi connectivity index (χ2n) is 6.86. The number of amides is 2. The van der Waals surface area contributed by atoms with E-state index < -0.39 is 0 Å². The molecule has 0 unspecified atom stereocenters. The molecule has 1 fully saturated rings. The molecule has 0 atom stereocenters. The third-order valence-electron chi connectivity index (χ3n) is 5.32. The van der Waals surface area contributed by atoms with Gasteiger partial charge >= 0.3 is 0 Å². The minimum absolute atomic E-state index is 0.309. The van der Waals surface area contributed by atoms with E-state index in [9.17, 15) is 9.59 Å². The van der Waals surface area contributed by atoms with Crippen LogP contribution in [0, 0.1) is 0 Å². The Balaban J connectivity index is 1.74. The number of carbonyl (C=O) groups excluding carboxylic acids is 2. The molecule has 0 radical (unpaired) electrons. The van der Waals surface area contributed by atoms with Crippen LogP contribution < -0.4 is 9.80 Å². The number of carbonyl (C=O) groups is 2. The lowest BCUT2D eigenvalue weighted by atomic mass is 9.92. The fourth-order valence-corrected chi connectivity index (χ4v) is 5.16. The summed E-state index contributed by atoms with van der Waals surface area (Å²) in [5.41, 5.74) is 2.61. The summed E-state index contributed by atoms with van der Waals surface area (Å²) < 4.78 is 0. The van der Waals surface area contributed by atoms with Gasteiger partial charge in [0.05, 0.1) is 10.7 Å². The molecule has 2 aliphatic rings. The van der Waals surface area contributed by atoms with Crippen LogP contribution in [0.3, 0.4) is 0 Å². The molecule has 0 aromatic heterocycles. The van der Waals surface area contributed by atoms with Crippen LogP contribution in [0.25, 0.3) is 10.8 Å². The molecule has 2 heterocycles. The predicted molar refractivity (Wildman–Crippen MR) is 116 cm³/mol. The lowest BCUT2D eigenvalue weighted by Crippen LogP contribution is -2.40. The highest BCUT2D eigenvalue weighted by atomic mass is 35.5. The third kappa shape index (κ3) is 2.61. The van der Waals surface area contributed by atoms with Gasteiger partial charge < -0.3 is 4.90 Å². The van der Waals surface area contributed by atoms with E-state index in [1.165, 1.54) is 4.90 Å². The zero-order chi connectivity index (χ0) is 19.3. The van der Waals surface area contributed by atoms with Gasteiger partial charge in [-0.05, 0) is 36.4 Å². The smallest absolute Gasteiger partial charge is 0.265 e. The van der Waals surface area contributed by atoms with Gasteiger partial charge in [0.15, 0.2) is 0 Å². The third-order valence-corrected chi connectivity index (χ3v) is 6.58. The largest absolute Gasteiger partial charge is 0.369 e. The van der Waals surface area contributed by atoms with Crippen molar-refractivity contribution in [2.24, 2.45) is 0 Å². The second-order valence-corrected chi connectivity index (χ2v) is 8.49. The van der Waals surface area contributed by atoms with Gasteiger partial charge in [-0.2, -0.15) is 11.8 Å². The number of benzene rings is 3. The van der Waals surface area contributed by atoms with Gasteiger partial charge in [-0.25, -0.2) is 4.90 Å². The summed E-state index contributed by atoms with van der Waals surface area (Å²) in [6.45, 7) is 1.86. The first kappa shape index (κ1) is 17.6. The van der Waals surface area contributed by atoms with Crippen LogP contribution in [0.2, 0.25) is 5.02 Å². The van der Waals surface area contributed by atoms with Crippen molar-refractivity contribution in [3.8, 4) is 0 Å². The average Bonchev–Trinajstić information content (AvgIpc) is 2.74. The summed E-state index contributed by atoms with van der Waals surface area (Å²) in [6.07, 6.45) is 0. The first-order chi connectivity index (χ1) is 13.7. The zero-order valence-electron chi connectivity index (χ0n) is 15.0. The van der Waals surface area contributed by atoms with Crippen molar-refractivity contribution in [3.05, 3.63) is 70.7 Å². The molecule has 0 spiro atoms. The second kappa shape index (κ2) is 6.83. The molecule has 0 aliphatic carbocycles. The summed E-state index contributed by atoms with van der Waals surface area (Å²) in [5, 5.41) is 2.05. The Bertz CT molecular complexity index is 1090. The van der Waals surface area contributed by atoms with Gasteiger partial charge in [0.1, 0.15) is 0 Å². The van der Waals surface area contributed by atoms with Gasteiger partial charge in [-0.3, -0.25) is 9.59 Å². The SMILES string of the molecule is O=C1c2ccc(Cl)c3c(N4CCSCC4)ccc(c23)C(=O)N1c1ccccc1. The zero-order valence-corrected chi connectivity index (χ0v) is 16.6. The van der Waals surface area contributed by atoms with Crippen LogP contribution in [0.1, 0.15) is 20.7 Å². The Hall–Kier alpha value is -2.50. The topological polar surface area (TPSA) is 40.6 Å². The highest BCUT2D eigenvalue weighted by molar-refractivity contribution is 7.99. The van der Waals surface area contributed by atoms with Gasteiger partial charge in [0, 0.05) is 52.2 Å². The quantitative estimate of drug-likeness (QED) is 0.568. The first-order valence-corrected chi connectivity index (χ1v) is 10.7. The molecular formula is C22H17ClN2O2S. The van der Waals surface area contributed by atoms with Crippen molar-refractivity contribution >= 4 is 57.3 Å². The number of thioether (sulfide) groups is 1. The number of nitrogens with zero attached hydrogens (tertiary/aromatic N) is 2. The molecule has 4 nitrogen and oxygen atoms in total. The highest BCUT2D eigenvalue weighted by Gasteiger charge is 2.35. The van der Waals surface area contributed by atoms with Crippen LogP contribution in [0.15, 0.2) is 54.6 Å². The molecule has 28 heavy (non-hydrogen) atoms. The monoisotopic (exact) mass is 408 g/mol. The molecular weight excluding hydrogens is 392 g/mol. The summed E-state index contributed by atoms with van der Waals surface area (Å²) in [5.74, 6) is 1.49. The van der Waals surface area contributed by atoms with Crippen LogP contribution in [0.4, 0.5) is 11.4 Å². The number of halogens is 1. The highest BCUT2D eigenvalue weighted by Crippen LogP contribution is 2.41. The molecule has 1 saturated heterocycles. The summed E-state index contributed by atoms with van der Waals surface area (Å²) in [7, 11) is 0. The predicted octanol–water partition coefficient (Wildman–Crippen LogP) is 4.85. The Morgan fingerprint density at radius 3 is 2.11 bits per heavy atom. The van der Waals surface area contributed by atoms with Crippen molar-refractivity contribution in [3.63, 3.8) is 0 Å². The van der Waals surface area contributed by atoms with Gasteiger partial charge in [0.2, 0.25) is 0 Å².